The smallest absolute Gasteiger partial charge is 0.410 e. The van der Waals surface area contributed by atoms with Crippen molar-refractivity contribution in [3.63, 3.8) is 0 Å². The summed E-state index contributed by atoms with van der Waals surface area (Å²) in [5, 5.41) is 22.5. The van der Waals surface area contributed by atoms with Crippen LogP contribution in [0.1, 0.15) is 35.7 Å². The standard InChI is InChI=1S/C30H25BrN6O11S/c1-17(38)48-25(22-12-33-10-11-34(13-24(33)32-22)29(41)47-15-19-4-8-21(9-5-19)37(44)45)30(31)27(40)35-23(16-49-28(30)35)26(39)46-14-18-2-6-20(7-3-18)36(42)43/h2-9,12,16,25,28H,10-11,13-15H2,1H3/t25?,28-,30?/m1/s1. The lowest BCUT2D eigenvalue weighted by atomic mass is 9.89. The third kappa shape index (κ3) is 6.45. The molecule has 0 radical (unpaired) electrons. The first kappa shape index (κ1) is 33.6. The van der Waals surface area contributed by atoms with Gasteiger partial charge in [-0.1, -0.05) is 15.9 Å². The normalized spacial score (nSPS) is 19.9. The molecule has 3 aliphatic heterocycles. The quantitative estimate of drug-likeness (QED) is 0.0714. The Morgan fingerprint density at radius 2 is 1.59 bits per heavy atom. The molecule has 254 valence electrons. The van der Waals surface area contributed by atoms with Gasteiger partial charge in [0.25, 0.3) is 17.3 Å². The van der Waals surface area contributed by atoms with E-state index in [1.807, 2.05) is 0 Å². The van der Waals surface area contributed by atoms with Gasteiger partial charge in [0.05, 0.1) is 16.4 Å². The fourth-order valence-corrected chi connectivity index (χ4v) is 7.73. The molecule has 3 atom stereocenters. The average molecular weight is 758 g/mol. The molecule has 0 N–H and O–H groups in total. The maximum absolute atomic E-state index is 13.7. The number of nitrogens with zero attached hydrogens (tertiary/aromatic N) is 6. The molecule has 19 heteroatoms. The number of benzene rings is 2. The Hall–Kier alpha value is -5.30. The summed E-state index contributed by atoms with van der Waals surface area (Å²) in [6.45, 7) is 1.60. The number of nitro benzene ring substituents is 2. The van der Waals surface area contributed by atoms with Crippen LogP contribution in [0.4, 0.5) is 16.2 Å². The van der Waals surface area contributed by atoms with Crippen molar-refractivity contribution in [3.8, 4) is 0 Å². The van der Waals surface area contributed by atoms with Crippen molar-refractivity contribution >= 4 is 63.0 Å². The highest BCUT2D eigenvalue weighted by molar-refractivity contribution is 9.10. The molecular formula is C30H25BrN6O11S. The number of aromatic nitrogens is 2. The van der Waals surface area contributed by atoms with E-state index in [2.05, 4.69) is 20.9 Å². The highest BCUT2D eigenvalue weighted by atomic mass is 79.9. The largest absolute Gasteiger partial charge is 0.456 e. The van der Waals surface area contributed by atoms with E-state index in [1.54, 1.807) is 10.8 Å². The summed E-state index contributed by atoms with van der Waals surface area (Å²) in [4.78, 5) is 79.7. The number of β-lactam (4-membered cyclic amide) rings is 1. The number of hydrogen-bond donors (Lipinski definition) is 0. The zero-order valence-electron chi connectivity index (χ0n) is 25.4. The molecule has 3 aromatic rings. The first-order valence-electron chi connectivity index (χ1n) is 14.5. The van der Waals surface area contributed by atoms with E-state index in [0.29, 0.717) is 23.5 Å². The number of non-ortho nitro benzene ring substituents is 2. The van der Waals surface area contributed by atoms with Crippen LogP contribution in [0.25, 0.3) is 0 Å². The van der Waals surface area contributed by atoms with Crippen LogP contribution in [-0.2, 0) is 54.9 Å². The third-order valence-electron chi connectivity index (χ3n) is 7.96. The fraction of sp³-hybridized carbons (Fsp3) is 0.300. The number of imidazole rings is 1. The van der Waals surface area contributed by atoms with Crippen molar-refractivity contribution in [2.45, 2.75) is 49.0 Å². The number of alkyl halides is 1. The molecule has 2 amide bonds. The van der Waals surface area contributed by atoms with Gasteiger partial charge < -0.3 is 18.8 Å². The lowest BCUT2D eigenvalue weighted by Gasteiger charge is -2.51. The first-order chi connectivity index (χ1) is 23.4. The van der Waals surface area contributed by atoms with Crippen LogP contribution in [0.3, 0.4) is 0 Å². The topological polar surface area (TPSA) is 207 Å². The summed E-state index contributed by atoms with van der Waals surface area (Å²) in [5.41, 5.74) is 1.15. The predicted molar refractivity (Wildman–Crippen MR) is 171 cm³/mol. The van der Waals surface area contributed by atoms with E-state index < -0.39 is 49.6 Å². The molecule has 4 heterocycles. The number of carbonyl (C=O) groups is 4. The van der Waals surface area contributed by atoms with Crippen molar-refractivity contribution < 1.29 is 43.2 Å². The second-order valence-electron chi connectivity index (χ2n) is 11.1. The Balaban J connectivity index is 1.11. The van der Waals surface area contributed by atoms with Crippen LogP contribution in [0.5, 0.6) is 0 Å². The van der Waals surface area contributed by atoms with Crippen molar-refractivity contribution in [1.29, 1.82) is 0 Å². The SMILES string of the molecule is CC(=O)OC(c1cn2c(n1)CN(C(=O)OCc1ccc([N+](=O)[O-])cc1)CC2)C1(Br)C(=O)N2C(C(=O)OCc3ccc([N+](=O)[O-])cc3)=CS[C@@H]21. The molecule has 0 aliphatic carbocycles. The maximum atomic E-state index is 13.7. The number of esters is 2. The minimum Gasteiger partial charge on any atom is -0.456 e. The minimum atomic E-state index is -1.49. The lowest BCUT2D eigenvalue weighted by Crippen LogP contribution is -2.70. The van der Waals surface area contributed by atoms with Gasteiger partial charge in [-0.3, -0.25) is 39.6 Å². The lowest BCUT2D eigenvalue weighted by molar-refractivity contribution is -0.385. The molecule has 1 fully saturated rings. The van der Waals surface area contributed by atoms with E-state index in [4.69, 9.17) is 14.2 Å². The van der Waals surface area contributed by atoms with Gasteiger partial charge in [-0.2, -0.15) is 0 Å². The van der Waals surface area contributed by atoms with E-state index in [0.717, 1.165) is 11.8 Å². The Bertz CT molecular complexity index is 1900. The van der Waals surface area contributed by atoms with E-state index in [-0.39, 0.29) is 49.1 Å². The molecule has 3 aliphatic rings. The minimum absolute atomic E-state index is 0.00873. The van der Waals surface area contributed by atoms with E-state index in [1.165, 1.54) is 70.7 Å². The summed E-state index contributed by atoms with van der Waals surface area (Å²) in [6, 6.07) is 11.1. The van der Waals surface area contributed by atoms with Crippen molar-refractivity contribution in [2.75, 3.05) is 6.54 Å². The van der Waals surface area contributed by atoms with Crippen LogP contribution in [-0.4, -0.2) is 69.4 Å². The highest BCUT2D eigenvalue weighted by Gasteiger charge is 2.69. The molecule has 1 aromatic heterocycles. The number of rotatable bonds is 10. The van der Waals surface area contributed by atoms with Crippen molar-refractivity contribution in [3.05, 3.63) is 109 Å². The molecule has 0 spiro atoms. The summed E-state index contributed by atoms with van der Waals surface area (Å²) in [7, 11) is 0. The molecule has 2 aromatic carbocycles. The van der Waals surface area contributed by atoms with Gasteiger partial charge in [-0.25, -0.2) is 14.6 Å². The number of nitro groups is 2. The summed E-state index contributed by atoms with van der Waals surface area (Å²) >= 11 is 4.68. The Morgan fingerprint density at radius 3 is 2.16 bits per heavy atom. The molecule has 0 bridgehead atoms. The number of hydrogen-bond acceptors (Lipinski definition) is 13. The molecule has 17 nitrogen and oxygen atoms in total. The van der Waals surface area contributed by atoms with Crippen molar-refractivity contribution in [2.24, 2.45) is 0 Å². The number of fused-ring (bicyclic) bond motifs is 2. The fourth-order valence-electron chi connectivity index (χ4n) is 5.46. The summed E-state index contributed by atoms with van der Waals surface area (Å²) < 4.78 is 16.7. The summed E-state index contributed by atoms with van der Waals surface area (Å²) in [6.07, 6.45) is -0.168. The molecule has 49 heavy (non-hydrogen) atoms. The zero-order valence-corrected chi connectivity index (χ0v) is 27.8. The first-order valence-corrected chi connectivity index (χ1v) is 16.3. The Labute approximate surface area is 289 Å². The van der Waals surface area contributed by atoms with Crippen LogP contribution >= 0.6 is 27.7 Å². The molecule has 1 saturated heterocycles. The Morgan fingerprint density at radius 1 is 1.00 bits per heavy atom. The molecular weight excluding hydrogens is 732 g/mol. The third-order valence-corrected chi connectivity index (χ3v) is 10.6. The van der Waals surface area contributed by atoms with Gasteiger partial charge in [-0.15, -0.1) is 11.8 Å². The molecule has 6 rings (SSSR count). The number of halogens is 1. The highest BCUT2D eigenvalue weighted by Crippen LogP contribution is 2.58. The number of carbonyl (C=O) groups excluding carboxylic acids is 4. The van der Waals surface area contributed by atoms with Gasteiger partial charge in [0.2, 0.25) is 0 Å². The van der Waals surface area contributed by atoms with Gasteiger partial charge in [0.1, 0.15) is 35.8 Å². The van der Waals surface area contributed by atoms with Crippen LogP contribution < -0.4 is 0 Å². The average Bonchev–Trinajstić information content (AvgIpc) is 3.71. The van der Waals surface area contributed by atoms with E-state index >= 15 is 0 Å². The monoisotopic (exact) mass is 756 g/mol. The second kappa shape index (κ2) is 13.3. The maximum Gasteiger partial charge on any atom is 0.410 e. The van der Waals surface area contributed by atoms with Crippen LogP contribution in [0, 0.1) is 20.2 Å². The van der Waals surface area contributed by atoms with Crippen molar-refractivity contribution in [1.82, 2.24) is 19.4 Å². The van der Waals surface area contributed by atoms with Gasteiger partial charge in [0.15, 0.2) is 10.4 Å². The van der Waals surface area contributed by atoms with Gasteiger partial charge >= 0.3 is 18.0 Å². The molecule has 2 unspecified atom stereocenters. The Kier molecular flexibility index (Phi) is 9.12. The number of amides is 2. The van der Waals surface area contributed by atoms with Crippen LogP contribution in [0.2, 0.25) is 0 Å². The van der Waals surface area contributed by atoms with Gasteiger partial charge in [0, 0.05) is 55.9 Å². The number of ether oxygens (including phenoxy) is 3. The van der Waals surface area contributed by atoms with E-state index in [9.17, 15) is 39.4 Å². The second-order valence-corrected chi connectivity index (χ2v) is 13.4. The summed E-state index contributed by atoms with van der Waals surface area (Å²) in [5.74, 6) is -1.55. The predicted octanol–water partition coefficient (Wildman–Crippen LogP) is 4.09. The zero-order chi connectivity index (χ0) is 35.0. The van der Waals surface area contributed by atoms with Crippen LogP contribution in [0.15, 0.2) is 65.8 Å². The molecule has 0 saturated carbocycles. The van der Waals surface area contributed by atoms with Gasteiger partial charge in [-0.05, 0) is 35.4 Å². The number of thioether (sulfide) groups is 1.